The number of ether oxygens (including phenoxy) is 2. The van der Waals surface area contributed by atoms with E-state index in [9.17, 15) is 4.79 Å². The molecule has 216 valence electrons. The predicted molar refractivity (Wildman–Crippen MR) is 169 cm³/mol. The molecule has 1 atom stereocenters. The normalized spacial score (nSPS) is 17.6. The maximum Gasteiger partial charge on any atom is 0.417 e. The van der Waals surface area contributed by atoms with Gasteiger partial charge in [0, 0.05) is 11.3 Å². The summed E-state index contributed by atoms with van der Waals surface area (Å²) in [5, 5.41) is 2.81. The van der Waals surface area contributed by atoms with Gasteiger partial charge in [-0.1, -0.05) is 67.8 Å². The Morgan fingerprint density at radius 1 is 1.05 bits per heavy atom. The molecule has 0 fully saturated rings. The average Bonchev–Trinajstić information content (AvgIpc) is 2.90. The Hall–Kier alpha value is -3.27. The summed E-state index contributed by atoms with van der Waals surface area (Å²) in [6, 6.07) is 9.35. The molecule has 0 aliphatic carbocycles. The highest BCUT2D eigenvalue weighted by molar-refractivity contribution is 5.87. The van der Waals surface area contributed by atoms with Gasteiger partial charge in [0.25, 0.3) is 0 Å². The molecule has 40 heavy (non-hydrogen) atoms. The first-order chi connectivity index (χ1) is 19.0. The largest absolute Gasteiger partial charge is 0.483 e. The van der Waals surface area contributed by atoms with Crippen LogP contribution in [0, 0.1) is 26.7 Å². The molecule has 1 N–H and O–H groups in total. The molecule has 0 radical (unpaired) electrons. The van der Waals surface area contributed by atoms with Crippen LogP contribution in [0.15, 0.2) is 65.8 Å². The maximum atomic E-state index is 12.6. The summed E-state index contributed by atoms with van der Waals surface area (Å²) >= 11 is 0. The average molecular weight is 544 g/mol. The van der Waals surface area contributed by atoms with Gasteiger partial charge in [-0.15, -0.1) is 0 Å². The van der Waals surface area contributed by atoms with E-state index < -0.39 is 6.09 Å². The van der Waals surface area contributed by atoms with Crippen LogP contribution in [-0.2, 0) is 6.42 Å². The Morgan fingerprint density at radius 2 is 1.77 bits per heavy atom. The maximum absolute atomic E-state index is 12.6. The smallest absolute Gasteiger partial charge is 0.417 e. The molecule has 0 unspecified atom stereocenters. The molecule has 1 aliphatic rings. The first-order valence-corrected chi connectivity index (χ1v) is 14.8. The summed E-state index contributed by atoms with van der Waals surface area (Å²) in [4.78, 5) is 12.6. The van der Waals surface area contributed by atoms with E-state index in [-0.39, 0.29) is 5.60 Å². The van der Waals surface area contributed by atoms with Crippen molar-refractivity contribution >= 4 is 11.8 Å². The van der Waals surface area contributed by atoms with Crippen molar-refractivity contribution < 1.29 is 14.3 Å². The molecule has 0 aromatic heterocycles. The minimum atomic E-state index is -0.486. The minimum Gasteiger partial charge on any atom is -0.483 e. The molecule has 4 nitrogen and oxygen atoms in total. The molecule has 0 saturated heterocycles. The van der Waals surface area contributed by atoms with Gasteiger partial charge in [0.1, 0.15) is 17.1 Å². The Bertz CT molecular complexity index is 1250. The molecule has 1 amide bonds. The topological polar surface area (TPSA) is 47.6 Å². The second kappa shape index (κ2) is 14.4. The predicted octanol–water partition coefficient (Wildman–Crippen LogP) is 10.4. The lowest BCUT2D eigenvalue weighted by Crippen LogP contribution is -2.35. The van der Waals surface area contributed by atoms with Gasteiger partial charge in [0.05, 0.1) is 0 Å². The van der Waals surface area contributed by atoms with Crippen molar-refractivity contribution in [3.63, 3.8) is 0 Å². The third kappa shape index (κ3) is 8.87. The molecule has 0 spiro atoms. The van der Waals surface area contributed by atoms with Crippen molar-refractivity contribution in [2.24, 2.45) is 5.92 Å². The summed E-state index contributed by atoms with van der Waals surface area (Å²) in [5.74, 6) is 2.33. The Labute approximate surface area is 242 Å². The lowest BCUT2D eigenvalue weighted by atomic mass is 9.87. The number of para-hydroxylation sites is 1. The zero-order valence-corrected chi connectivity index (χ0v) is 25.9. The van der Waals surface area contributed by atoms with Crippen LogP contribution in [-0.4, -0.2) is 11.7 Å². The standard InChI is InChI=1S/C36H49NO3/c1-25(2)15-12-16-26(3)17-13-18-27(4)19-14-23-36(8)24-22-32-30(7)33(28(5)29(6)34(32)40-36)39-35(38)37-31-20-10-9-11-21-31/h9-11,14,17,19-21,23,25H,12-13,15-16,18,22,24H2,1-8H3,(H,37,38)/b23-14?,26-17+,27-19?/t36-/m0/s1. The van der Waals surface area contributed by atoms with Crippen LogP contribution in [0.25, 0.3) is 0 Å². The van der Waals surface area contributed by atoms with Crippen molar-refractivity contribution in [1.82, 2.24) is 0 Å². The number of anilines is 1. The van der Waals surface area contributed by atoms with Crippen LogP contribution in [0.4, 0.5) is 10.5 Å². The summed E-state index contributed by atoms with van der Waals surface area (Å²) in [7, 11) is 0. The lowest BCUT2D eigenvalue weighted by Gasteiger charge is -2.36. The van der Waals surface area contributed by atoms with Crippen molar-refractivity contribution in [2.75, 3.05) is 5.32 Å². The molecular weight excluding hydrogens is 494 g/mol. The molecule has 1 heterocycles. The molecular formula is C36H49NO3. The van der Waals surface area contributed by atoms with Gasteiger partial charge in [-0.25, -0.2) is 4.79 Å². The Balaban J connectivity index is 1.63. The number of amides is 1. The van der Waals surface area contributed by atoms with E-state index in [4.69, 9.17) is 9.47 Å². The first kappa shape index (κ1) is 31.3. The van der Waals surface area contributed by atoms with Crippen LogP contribution in [0.5, 0.6) is 11.5 Å². The molecule has 2 aromatic carbocycles. The van der Waals surface area contributed by atoms with E-state index in [1.807, 2.05) is 51.1 Å². The van der Waals surface area contributed by atoms with Crippen molar-refractivity contribution in [3.05, 3.63) is 88.0 Å². The highest BCUT2D eigenvalue weighted by Crippen LogP contribution is 2.44. The van der Waals surface area contributed by atoms with E-state index in [2.05, 4.69) is 64.2 Å². The van der Waals surface area contributed by atoms with Crippen LogP contribution in [0.1, 0.15) is 95.4 Å². The number of carbonyl (C=O) groups is 1. The fourth-order valence-electron chi connectivity index (χ4n) is 5.22. The fraction of sp³-hybridized carbons (Fsp3) is 0.472. The van der Waals surface area contributed by atoms with Crippen LogP contribution < -0.4 is 14.8 Å². The quantitative estimate of drug-likeness (QED) is 0.226. The van der Waals surface area contributed by atoms with Crippen LogP contribution >= 0.6 is 0 Å². The third-order valence-corrected chi connectivity index (χ3v) is 7.95. The highest BCUT2D eigenvalue weighted by atomic mass is 16.6. The van der Waals surface area contributed by atoms with Gasteiger partial charge in [-0.2, -0.15) is 0 Å². The number of hydrogen-bond donors (Lipinski definition) is 1. The third-order valence-electron chi connectivity index (χ3n) is 7.95. The number of allylic oxidation sites excluding steroid dienone is 5. The van der Waals surface area contributed by atoms with Gasteiger partial charge < -0.3 is 9.47 Å². The zero-order valence-electron chi connectivity index (χ0n) is 25.9. The number of hydrogen-bond acceptors (Lipinski definition) is 3. The summed E-state index contributed by atoms with van der Waals surface area (Å²) < 4.78 is 12.4. The first-order valence-electron chi connectivity index (χ1n) is 14.8. The summed E-state index contributed by atoms with van der Waals surface area (Å²) in [6.45, 7) is 17.3. The second-order valence-corrected chi connectivity index (χ2v) is 12.1. The molecule has 1 aliphatic heterocycles. The van der Waals surface area contributed by atoms with Gasteiger partial charge in [0.15, 0.2) is 0 Å². The molecule has 4 heteroatoms. The SMILES string of the molecule is CC(=CC=C[C@@]1(C)CCc2c(C)c(OC(=O)Nc3ccccc3)c(C)c(C)c2O1)CC/C=C(\C)CCCC(C)C. The second-order valence-electron chi connectivity index (χ2n) is 12.1. The van der Waals surface area contributed by atoms with Crippen molar-refractivity contribution in [1.29, 1.82) is 0 Å². The molecule has 0 saturated carbocycles. The molecule has 2 aromatic rings. The van der Waals surface area contributed by atoms with Gasteiger partial charge in [-0.05, 0) is 121 Å². The zero-order chi connectivity index (χ0) is 29.3. The van der Waals surface area contributed by atoms with E-state index in [1.54, 1.807) is 0 Å². The molecule has 3 rings (SSSR count). The molecule has 0 bridgehead atoms. The van der Waals surface area contributed by atoms with Crippen LogP contribution in [0.3, 0.4) is 0 Å². The van der Waals surface area contributed by atoms with E-state index in [1.165, 1.54) is 30.4 Å². The van der Waals surface area contributed by atoms with Gasteiger partial charge >= 0.3 is 6.09 Å². The Kier molecular flexibility index (Phi) is 11.2. The number of carbonyl (C=O) groups excluding carboxylic acids is 1. The van der Waals surface area contributed by atoms with Crippen LogP contribution in [0.2, 0.25) is 0 Å². The number of nitrogens with one attached hydrogen (secondary N) is 1. The Morgan fingerprint density at radius 3 is 2.48 bits per heavy atom. The van der Waals surface area contributed by atoms with Crippen molar-refractivity contribution in [2.45, 2.75) is 106 Å². The minimum absolute atomic E-state index is 0.382. The van der Waals surface area contributed by atoms with Crippen molar-refractivity contribution in [3.8, 4) is 11.5 Å². The summed E-state index contributed by atoms with van der Waals surface area (Å²) in [5.41, 5.74) is 7.25. The number of fused-ring (bicyclic) bond motifs is 1. The van der Waals surface area contributed by atoms with E-state index in [0.717, 1.165) is 59.6 Å². The van der Waals surface area contributed by atoms with E-state index in [0.29, 0.717) is 11.4 Å². The van der Waals surface area contributed by atoms with Gasteiger partial charge in [0.2, 0.25) is 0 Å². The van der Waals surface area contributed by atoms with Gasteiger partial charge in [-0.3, -0.25) is 5.32 Å². The number of rotatable bonds is 11. The van der Waals surface area contributed by atoms with E-state index >= 15 is 0 Å². The summed E-state index contributed by atoms with van der Waals surface area (Å²) in [6.07, 6.45) is 16.2. The fourth-order valence-corrected chi connectivity index (χ4v) is 5.22. The monoisotopic (exact) mass is 543 g/mol. The number of benzene rings is 2. The highest BCUT2D eigenvalue weighted by Gasteiger charge is 2.33. The lowest BCUT2D eigenvalue weighted by molar-refractivity contribution is 0.112.